The quantitative estimate of drug-likeness (QED) is 0.739. The molecular weight excluding hydrogens is 263 g/mol. The fraction of sp³-hybridized carbons (Fsp3) is 0.368. The normalized spacial score (nSPS) is 19.0. The van der Waals surface area contributed by atoms with Gasteiger partial charge in [0.05, 0.1) is 12.5 Å². The van der Waals surface area contributed by atoms with Crippen molar-refractivity contribution in [2.45, 2.75) is 38.3 Å². The van der Waals surface area contributed by atoms with E-state index in [1.165, 1.54) is 5.56 Å². The second-order valence-electron chi connectivity index (χ2n) is 6.73. The monoisotopic (exact) mass is 284 g/mol. The van der Waals surface area contributed by atoms with Gasteiger partial charge in [-0.25, -0.2) is 4.39 Å². The van der Waals surface area contributed by atoms with Crippen molar-refractivity contribution in [3.05, 3.63) is 65.2 Å². The molecule has 1 nitrogen and oxygen atoms in total. The third-order valence-corrected chi connectivity index (χ3v) is 4.19. The molecule has 2 aromatic rings. The topological polar surface area (TPSA) is 9.23 Å². The van der Waals surface area contributed by atoms with Gasteiger partial charge in [0.1, 0.15) is 11.9 Å². The highest BCUT2D eigenvalue weighted by molar-refractivity contribution is 5.42. The van der Waals surface area contributed by atoms with E-state index in [-0.39, 0.29) is 11.3 Å². The van der Waals surface area contributed by atoms with Crippen molar-refractivity contribution in [2.75, 3.05) is 6.61 Å². The van der Waals surface area contributed by atoms with E-state index in [1.54, 1.807) is 0 Å². The molecule has 0 radical (unpaired) electrons. The number of ether oxygens (including phenoxy) is 1. The summed E-state index contributed by atoms with van der Waals surface area (Å²) in [5, 5.41) is 0. The number of hydrogen-bond acceptors (Lipinski definition) is 1. The zero-order valence-electron chi connectivity index (χ0n) is 12.8. The lowest BCUT2D eigenvalue weighted by Gasteiger charge is -2.21. The lowest BCUT2D eigenvalue weighted by atomic mass is 9.85. The van der Waals surface area contributed by atoms with Crippen LogP contribution in [0, 0.1) is 0 Å². The Morgan fingerprint density at radius 2 is 1.71 bits per heavy atom. The second kappa shape index (κ2) is 5.18. The van der Waals surface area contributed by atoms with Crippen LogP contribution in [-0.4, -0.2) is 6.61 Å². The Labute approximate surface area is 125 Å². The molecule has 2 unspecified atom stereocenters. The van der Waals surface area contributed by atoms with Crippen LogP contribution in [0.2, 0.25) is 0 Å². The maximum absolute atomic E-state index is 14.9. The molecule has 0 saturated carbocycles. The van der Waals surface area contributed by atoms with E-state index in [4.69, 9.17) is 4.74 Å². The molecule has 0 aromatic heterocycles. The van der Waals surface area contributed by atoms with Gasteiger partial charge in [-0.15, -0.1) is 0 Å². The summed E-state index contributed by atoms with van der Waals surface area (Å²) in [7, 11) is 0. The molecule has 0 bridgehead atoms. The van der Waals surface area contributed by atoms with Crippen molar-refractivity contribution in [3.8, 4) is 5.75 Å². The van der Waals surface area contributed by atoms with E-state index < -0.39 is 6.17 Å². The SMILES string of the molecule is CC(C)(C)c1ccc(C(F)C2COc3ccccc32)cc1. The highest BCUT2D eigenvalue weighted by atomic mass is 19.1. The average molecular weight is 284 g/mol. The van der Waals surface area contributed by atoms with E-state index >= 15 is 0 Å². The zero-order valence-corrected chi connectivity index (χ0v) is 12.8. The molecule has 0 fully saturated rings. The highest BCUT2D eigenvalue weighted by Gasteiger charge is 2.32. The van der Waals surface area contributed by atoms with Crippen LogP contribution in [0.25, 0.3) is 0 Å². The number of para-hydroxylation sites is 1. The summed E-state index contributed by atoms with van der Waals surface area (Å²) < 4.78 is 20.5. The van der Waals surface area contributed by atoms with Crippen LogP contribution in [0.3, 0.4) is 0 Å². The predicted molar refractivity (Wildman–Crippen MR) is 83.7 cm³/mol. The van der Waals surface area contributed by atoms with Crippen LogP contribution in [-0.2, 0) is 5.41 Å². The van der Waals surface area contributed by atoms with Crippen molar-refractivity contribution in [1.82, 2.24) is 0 Å². The maximum atomic E-state index is 14.9. The van der Waals surface area contributed by atoms with Gasteiger partial charge in [-0.05, 0) is 22.6 Å². The first-order valence-electron chi connectivity index (χ1n) is 7.43. The summed E-state index contributed by atoms with van der Waals surface area (Å²) in [5.74, 6) is 0.609. The van der Waals surface area contributed by atoms with Crippen molar-refractivity contribution in [1.29, 1.82) is 0 Å². The van der Waals surface area contributed by atoms with Crippen LogP contribution < -0.4 is 4.74 Å². The first kappa shape index (κ1) is 14.1. The fourth-order valence-corrected chi connectivity index (χ4v) is 2.83. The molecule has 1 aliphatic rings. The number of alkyl halides is 1. The molecule has 21 heavy (non-hydrogen) atoms. The van der Waals surface area contributed by atoms with Crippen molar-refractivity contribution < 1.29 is 9.13 Å². The highest BCUT2D eigenvalue weighted by Crippen LogP contribution is 2.43. The van der Waals surface area contributed by atoms with E-state index in [2.05, 4.69) is 20.8 Å². The Hall–Kier alpha value is -1.83. The molecule has 0 saturated heterocycles. The molecule has 110 valence electrons. The molecule has 2 atom stereocenters. The third kappa shape index (κ3) is 2.67. The summed E-state index contributed by atoms with van der Waals surface area (Å²) >= 11 is 0. The van der Waals surface area contributed by atoms with Gasteiger partial charge in [0.2, 0.25) is 0 Å². The molecular formula is C19H21FO. The number of halogens is 1. The van der Waals surface area contributed by atoms with Gasteiger partial charge in [0, 0.05) is 5.56 Å². The Kier molecular flexibility index (Phi) is 3.48. The Morgan fingerprint density at radius 3 is 2.38 bits per heavy atom. The summed E-state index contributed by atoms with van der Waals surface area (Å²) in [6, 6.07) is 15.6. The average Bonchev–Trinajstić information content (AvgIpc) is 2.90. The molecule has 1 aliphatic heterocycles. The third-order valence-electron chi connectivity index (χ3n) is 4.19. The van der Waals surface area contributed by atoms with E-state index in [1.807, 2.05) is 48.5 Å². The minimum absolute atomic E-state index is 0.0907. The number of hydrogen-bond donors (Lipinski definition) is 0. The Balaban J connectivity index is 1.85. The van der Waals surface area contributed by atoms with E-state index in [9.17, 15) is 4.39 Å². The van der Waals surface area contributed by atoms with E-state index in [0.29, 0.717) is 6.61 Å². The van der Waals surface area contributed by atoms with E-state index in [0.717, 1.165) is 16.9 Å². The molecule has 2 aromatic carbocycles. The van der Waals surface area contributed by atoms with Gasteiger partial charge < -0.3 is 4.74 Å². The van der Waals surface area contributed by atoms with Crippen molar-refractivity contribution in [2.24, 2.45) is 0 Å². The Bertz CT molecular complexity index is 625. The predicted octanol–water partition coefficient (Wildman–Crippen LogP) is 5.17. The smallest absolute Gasteiger partial charge is 0.135 e. The van der Waals surface area contributed by atoms with Crippen LogP contribution in [0.5, 0.6) is 5.75 Å². The van der Waals surface area contributed by atoms with Gasteiger partial charge in [0.25, 0.3) is 0 Å². The molecule has 2 heteroatoms. The summed E-state index contributed by atoms with van der Waals surface area (Å²) in [4.78, 5) is 0. The number of rotatable bonds is 2. The minimum Gasteiger partial charge on any atom is -0.493 e. The summed E-state index contributed by atoms with van der Waals surface area (Å²) in [6.07, 6.45) is -1.03. The summed E-state index contributed by atoms with van der Waals surface area (Å²) in [5.41, 5.74) is 3.02. The van der Waals surface area contributed by atoms with Crippen LogP contribution >= 0.6 is 0 Å². The molecule has 0 spiro atoms. The van der Waals surface area contributed by atoms with Gasteiger partial charge in [0.15, 0.2) is 0 Å². The first-order valence-corrected chi connectivity index (χ1v) is 7.43. The Morgan fingerprint density at radius 1 is 1.05 bits per heavy atom. The minimum atomic E-state index is -1.03. The summed E-state index contributed by atoms with van der Waals surface area (Å²) in [6.45, 7) is 6.91. The molecule has 0 N–H and O–H groups in total. The lowest BCUT2D eigenvalue weighted by molar-refractivity contribution is 0.236. The van der Waals surface area contributed by atoms with Crippen molar-refractivity contribution >= 4 is 0 Å². The number of fused-ring (bicyclic) bond motifs is 1. The van der Waals surface area contributed by atoms with Gasteiger partial charge in [-0.2, -0.15) is 0 Å². The molecule has 3 rings (SSSR count). The fourth-order valence-electron chi connectivity index (χ4n) is 2.83. The number of benzene rings is 2. The largest absolute Gasteiger partial charge is 0.493 e. The van der Waals surface area contributed by atoms with Crippen LogP contribution in [0.4, 0.5) is 4.39 Å². The van der Waals surface area contributed by atoms with Gasteiger partial charge in [-0.1, -0.05) is 63.2 Å². The molecule has 0 amide bonds. The van der Waals surface area contributed by atoms with Crippen LogP contribution in [0.15, 0.2) is 48.5 Å². The standard InChI is InChI=1S/C19H21FO/c1-19(2,3)14-10-8-13(9-11-14)18(20)16-12-21-17-7-5-4-6-15(16)17/h4-11,16,18H,12H2,1-3H3. The van der Waals surface area contributed by atoms with Gasteiger partial charge in [-0.3, -0.25) is 0 Å². The lowest BCUT2D eigenvalue weighted by Crippen LogP contribution is -2.12. The van der Waals surface area contributed by atoms with Crippen molar-refractivity contribution in [3.63, 3.8) is 0 Å². The van der Waals surface area contributed by atoms with Gasteiger partial charge >= 0.3 is 0 Å². The maximum Gasteiger partial charge on any atom is 0.135 e. The zero-order chi connectivity index (χ0) is 15.0. The van der Waals surface area contributed by atoms with Crippen LogP contribution in [0.1, 0.15) is 49.6 Å². The second-order valence-corrected chi connectivity index (χ2v) is 6.73. The molecule has 1 heterocycles. The first-order chi connectivity index (χ1) is 9.97. The molecule has 0 aliphatic carbocycles.